The smallest absolute Gasteiger partial charge is 0.333 e. The SMILES string of the molecule is CCOP(=O)(OCC)c1cc2c(-c3ccccc3)ncnc2[nH]1. The molecule has 7 heteroatoms. The Hall–Kier alpha value is -2.01. The first-order valence-corrected chi connectivity index (χ1v) is 9.01. The first kappa shape index (κ1) is 15.9. The first-order chi connectivity index (χ1) is 11.2. The zero-order valence-electron chi connectivity index (χ0n) is 13.0. The molecular formula is C16H18N3O3P. The summed E-state index contributed by atoms with van der Waals surface area (Å²) in [6.07, 6.45) is 1.48. The Kier molecular flexibility index (Phi) is 4.57. The zero-order chi connectivity index (χ0) is 16.3. The van der Waals surface area contributed by atoms with Gasteiger partial charge in [0.25, 0.3) is 0 Å². The van der Waals surface area contributed by atoms with Gasteiger partial charge in [0, 0.05) is 10.9 Å². The van der Waals surface area contributed by atoms with Crippen molar-refractivity contribution in [3.8, 4) is 11.3 Å². The molecule has 0 aliphatic carbocycles. The fourth-order valence-corrected chi connectivity index (χ4v) is 3.98. The van der Waals surface area contributed by atoms with E-state index in [0.29, 0.717) is 24.3 Å². The molecule has 0 amide bonds. The van der Waals surface area contributed by atoms with E-state index in [1.807, 2.05) is 30.3 Å². The number of aromatic nitrogens is 3. The number of aromatic amines is 1. The van der Waals surface area contributed by atoms with E-state index in [-0.39, 0.29) is 0 Å². The molecule has 0 spiro atoms. The fourth-order valence-electron chi connectivity index (χ4n) is 2.42. The predicted molar refractivity (Wildman–Crippen MR) is 89.8 cm³/mol. The van der Waals surface area contributed by atoms with Crippen molar-refractivity contribution in [2.45, 2.75) is 13.8 Å². The molecule has 0 saturated heterocycles. The Morgan fingerprint density at radius 2 is 1.78 bits per heavy atom. The van der Waals surface area contributed by atoms with Gasteiger partial charge < -0.3 is 14.0 Å². The van der Waals surface area contributed by atoms with E-state index in [9.17, 15) is 4.57 Å². The molecule has 0 atom stereocenters. The number of hydrogen-bond acceptors (Lipinski definition) is 5. The van der Waals surface area contributed by atoms with Crippen LogP contribution in [-0.2, 0) is 13.6 Å². The fraction of sp³-hybridized carbons (Fsp3) is 0.250. The van der Waals surface area contributed by atoms with E-state index < -0.39 is 7.60 Å². The van der Waals surface area contributed by atoms with Crippen molar-refractivity contribution in [2.75, 3.05) is 13.2 Å². The van der Waals surface area contributed by atoms with Gasteiger partial charge >= 0.3 is 7.60 Å². The number of fused-ring (bicyclic) bond motifs is 1. The van der Waals surface area contributed by atoms with Crippen LogP contribution in [0.5, 0.6) is 0 Å². The average molecular weight is 331 g/mol. The lowest BCUT2D eigenvalue weighted by Crippen LogP contribution is -2.11. The Labute approximate surface area is 134 Å². The summed E-state index contributed by atoms with van der Waals surface area (Å²) in [7, 11) is -3.38. The predicted octanol–water partition coefficient (Wildman–Crippen LogP) is 3.52. The third kappa shape index (κ3) is 3.06. The highest BCUT2D eigenvalue weighted by Gasteiger charge is 2.29. The quantitative estimate of drug-likeness (QED) is 0.699. The molecule has 2 heterocycles. The van der Waals surface area contributed by atoms with Gasteiger partial charge in [0.15, 0.2) is 0 Å². The van der Waals surface area contributed by atoms with Gasteiger partial charge in [-0.3, -0.25) is 4.57 Å². The maximum atomic E-state index is 12.9. The molecule has 0 unspecified atom stereocenters. The molecular weight excluding hydrogens is 313 g/mol. The standard InChI is InChI=1S/C16H18N3O3P/c1-3-21-23(20,22-4-2)14-10-13-15(12-8-6-5-7-9-12)17-11-18-16(13)19-14/h5-11H,3-4H2,1-2H3,(H,17,18,19). The largest absolute Gasteiger partial charge is 0.377 e. The second-order valence-corrected chi connectivity index (χ2v) is 6.83. The van der Waals surface area contributed by atoms with E-state index in [1.54, 1.807) is 19.9 Å². The number of nitrogens with one attached hydrogen (secondary N) is 1. The summed E-state index contributed by atoms with van der Waals surface area (Å²) in [5.74, 6) is 0. The van der Waals surface area contributed by atoms with Crippen LogP contribution in [0.15, 0.2) is 42.7 Å². The van der Waals surface area contributed by atoms with Gasteiger partial charge in [0.05, 0.1) is 18.9 Å². The summed E-state index contributed by atoms with van der Waals surface area (Å²) in [5.41, 5.74) is 2.74. The van der Waals surface area contributed by atoms with E-state index >= 15 is 0 Å². The monoisotopic (exact) mass is 331 g/mol. The molecule has 3 aromatic rings. The summed E-state index contributed by atoms with van der Waals surface area (Å²) in [6, 6.07) is 11.5. The molecule has 0 aliphatic heterocycles. The van der Waals surface area contributed by atoms with Crippen molar-refractivity contribution in [1.29, 1.82) is 0 Å². The molecule has 120 valence electrons. The van der Waals surface area contributed by atoms with Crippen LogP contribution >= 0.6 is 7.60 Å². The van der Waals surface area contributed by atoms with Crippen molar-refractivity contribution < 1.29 is 13.6 Å². The van der Waals surface area contributed by atoms with E-state index in [4.69, 9.17) is 9.05 Å². The Bertz CT molecular complexity index is 838. The van der Waals surface area contributed by atoms with Crippen LogP contribution in [0.1, 0.15) is 13.8 Å². The average Bonchev–Trinajstić information content (AvgIpc) is 3.01. The zero-order valence-corrected chi connectivity index (χ0v) is 13.9. The normalized spacial score (nSPS) is 11.9. The van der Waals surface area contributed by atoms with Crippen LogP contribution in [0.4, 0.5) is 0 Å². The highest BCUT2D eigenvalue weighted by atomic mass is 31.2. The number of rotatable bonds is 6. The van der Waals surface area contributed by atoms with Gasteiger partial charge in [-0.15, -0.1) is 0 Å². The topological polar surface area (TPSA) is 77.1 Å². The van der Waals surface area contributed by atoms with Crippen LogP contribution in [0.3, 0.4) is 0 Å². The third-order valence-corrected chi connectivity index (χ3v) is 5.38. The summed E-state index contributed by atoms with van der Waals surface area (Å²) in [4.78, 5) is 11.6. The van der Waals surface area contributed by atoms with Crippen LogP contribution in [0.25, 0.3) is 22.3 Å². The molecule has 0 radical (unpaired) electrons. The number of nitrogens with zero attached hydrogens (tertiary/aromatic N) is 2. The van der Waals surface area contributed by atoms with Crippen LogP contribution in [-0.4, -0.2) is 28.2 Å². The minimum absolute atomic E-state index is 0.295. The van der Waals surface area contributed by atoms with Gasteiger partial charge in [-0.05, 0) is 19.9 Å². The van der Waals surface area contributed by atoms with Crippen molar-refractivity contribution in [3.05, 3.63) is 42.7 Å². The summed E-state index contributed by atoms with van der Waals surface area (Å²) < 4.78 is 23.7. The first-order valence-electron chi connectivity index (χ1n) is 7.46. The van der Waals surface area contributed by atoms with Crippen molar-refractivity contribution in [3.63, 3.8) is 0 Å². The maximum Gasteiger partial charge on any atom is 0.377 e. The number of hydrogen-bond donors (Lipinski definition) is 1. The van der Waals surface area contributed by atoms with Crippen molar-refractivity contribution >= 4 is 24.1 Å². The van der Waals surface area contributed by atoms with Crippen molar-refractivity contribution in [1.82, 2.24) is 15.0 Å². The number of H-pyrrole nitrogens is 1. The molecule has 0 bridgehead atoms. The second-order valence-electron chi connectivity index (χ2n) is 4.84. The highest BCUT2D eigenvalue weighted by molar-refractivity contribution is 7.62. The van der Waals surface area contributed by atoms with E-state index in [0.717, 1.165) is 16.6 Å². The summed E-state index contributed by atoms with van der Waals surface area (Å²) in [6.45, 7) is 4.15. The molecule has 6 nitrogen and oxygen atoms in total. The molecule has 2 aromatic heterocycles. The van der Waals surface area contributed by atoms with Crippen LogP contribution in [0.2, 0.25) is 0 Å². The van der Waals surface area contributed by atoms with E-state index in [1.165, 1.54) is 6.33 Å². The Morgan fingerprint density at radius 3 is 2.43 bits per heavy atom. The van der Waals surface area contributed by atoms with Gasteiger partial charge in [-0.25, -0.2) is 9.97 Å². The molecule has 0 saturated carbocycles. The van der Waals surface area contributed by atoms with Crippen LogP contribution in [0, 0.1) is 0 Å². The third-order valence-electron chi connectivity index (χ3n) is 3.35. The summed E-state index contributed by atoms with van der Waals surface area (Å²) in [5, 5.41) is 0.785. The van der Waals surface area contributed by atoms with Gasteiger partial charge in [0.1, 0.15) is 17.4 Å². The molecule has 0 aliphatic rings. The minimum atomic E-state index is -3.38. The lowest BCUT2D eigenvalue weighted by atomic mass is 10.1. The Morgan fingerprint density at radius 1 is 1.09 bits per heavy atom. The molecule has 23 heavy (non-hydrogen) atoms. The van der Waals surface area contributed by atoms with E-state index in [2.05, 4.69) is 15.0 Å². The molecule has 3 rings (SSSR count). The minimum Gasteiger partial charge on any atom is -0.333 e. The van der Waals surface area contributed by atoms with Gasteiger partial charge in [-0.2, -0.15) is 0 Å². The van der Waals surface area contributed by atoms with Crippen LogP contribution < -0.4 is 5.44 Å². The molecule has 1 aromatic carbocycles. The highest BCUT2D eigenvalue weighted by Crippen LogP contribution is 2.47. The van der Waals surface area contributed by atoms with Crippen molar-refractivity contribution in [2.24, 2.45) is 0 Å². The number of benzene rings is 1. The van der Waals surface area contributed by atoms with Gasteiger partial charge in [0.2, 0.25) is 0 Å². The maximum absolute atomic E-state index is 12.9. The van der Waals surface area contributed by atoms with Gasteiger partial charge in [-0.1, -0.05) is 30.3 Å². The molecule has 0 fully saturated rings. The lowest BCUT2D eigenvalue weighted by molar-refractivity contribution is 0.229. The Balaban J connectivity index is 2.14. The molecule has 1 N–H and O–H groups in total. The second kappa shape index (κ2) is 6.62. The summed E-state index contributed by atoms with van der Waals surface area (Å²) >= 11 is 0. The lowest BCUT2D eigenvalue weighted by Gasteiger charge is -2.14.